The molecule has 0 saturated carbocycles. The van der Waals surface area contributed by atoms with Crippen molar-refractivity contribution in [3.05, 3.63) is 111 Å². The molecular weight excluding hydrogens is 604 g/mol. The molecule has 4 nitrogen and oxygen atoms in total. The second-order valence-electron chi connectivity index (χ2n) is 9.01. The molecule has 0 N–H and O–H groups in total. The third kappa shape index (κ3) is 5.95. The Bertz CT molecular complexity index is 1500. The van der Waals surface area contributed by atoms with Crippen molar-refractivity contribution in [3.8, 4) is 5.75 Å². The Labute approximate surface area is 234 Å². The van der Waals surface area contributed by atoms with Gasteiger partial charge >= 0.3 is 18.3 Å². The molecule has 3 aromatic rings. The molecule has 0 aromatic heterocycles. The lowest BCUT2D eigenvalue weighted by Crippen LogP contribution is -2.35. The third-order valence-corrected chi connectivity index (χ3v) is 7.05. The van der Waals surface area contributed by atoms with Crippen LogP contribution in [0.3, 0.4) is 0 Å². The number of hydrogen-bond donors (Lipinski definition) is 0. The second kappa shape index (κ2) is 11.1. The molecule has 40 heavy (non-hydrogen) atoms. The molecule has 0 radical (unpaired) electrons. The molecular formula is C29H23BrF6NO3+. The fourth-order valence-corrected chi connectivity index (χ4v) is 4.94. The van der Waals surface area contributed by atoms with Crippen LogP contribution < -0.4 is 9.22 Å². The number of allylic oxidation sites excluding steroid dienone is 2. The highest BCUT2D eigenvalue weighted by Crippen LogP contribution is 2.44. The van der Waals surface area contributed by atoms with E-state index >= 15 is 0 Å². The fraction of sp³-hybridized carbons (Fsp3) is 0.207. The summed E-state index contributed by atoms with van der Waals surface area (Å²) in [5.74, 6) is -0.269. The predicted molar refractivity (Wildman–Crippen MR) is 142 cm³/mol. The van der Waals surface area contributed by atoms with E-state index in [0.29, 0.717) is 33.1 Å². The highest BCUT2D eigenvalue weighted by Gasteiger charge is 2.39. The van der Waals surface area contributed by atoms with E-state index in [9.17, 15) is 31.1 Å². The lowest BCUT2D eigenvalue weighted by Gasteiger charge is -2.30. The summed E-state index contributed by atoms with van der Waals surface area (Å²) in [4.78, 5) is 12.3. The minimum atomic E-state index is -5.02. The van der Waals surface area contributed by atoms with Gasteiger partial charge in [0.1, 0.15) is 24.2 Å². The largest absolute Gasteiger partial charge is 0.488 e. The van der Waals surface area contributed by atoms with E-state index in [2.05, 4.69) is 15.9 Å². The van der Waals surface area contributed by atoms with Gasteiger partial charge in [0.05, 0.1) is 35.9 Å². The Morgan fingerprint density at radius 2 is 1.68 bits per heavy atom. The van der Waals surface area contributed by atoms with E-state index < -0.39 is 41.6 Å². The van der Waals surface area contributed by atoms with Crippen LogP contribution in [-0.4, -0.2) is 19.6 Å². The van der Waals surface area contributed by atoms with Gasteiger partial charge < -0.3 is 9.47 Å². The number of esters is 1. The highest BCUT2D eigenvalue weighted by molar-refractivity contribution is 9.10. The average molecular weight is 627 g/mol. The van der Waals surface area contributed by atoms with E-state index in [-0.39, 0.29) is 22.9 Å². The summed E-state index contributed by atoms with van der Waals surface area (Å²) in [7, 11) is 1.86. The molecule has 11 heteroatoms. The van der Waals surface area contributed by atoms with E-state index in [1.54, 1.807) is 49.4 Å². The van der Waals surface area contributed by atoms with Crippen LogP contribution in [0.1, 0.15) is 39.5 Å². The van der Waals surface area contributed by atoms with Gasteiger partial charge in [-0.25, -0.2) is 9.28 Å². The van der Waals surface area contributed by atoms with Crippen LogP contribution in [0, 0.1) is 0 Å². The number of carbonyl (C=O) groups is 1. The number of hydrogen-bond acceptors (Lipinski definition) is 3. The molecule has 1 heterocycles. The van der Waals surface area contributed by atoms with Gasteiger partial charge in [-0.1, -0.05) is 18.2 Å². The second-order valence-corrected chi connectivity index (χ2v) is 9.86. The third-order valence-electron chi connectivity index (χ3n) is 6.39. The molecule has 1 aliphatic heterocycles. The maximum Gasteiger partial charge on any atom is 0.416 e. The normalized spacial score (nSPS) is 17.1. The number of alkyl halides is 6. The van der Waals surface area contributed by atoms with Crippen molar-refractivity contribution in [1.29, 1.82) is 0 Å². The monoisotopic (exact) mass is 626 g/mol. The molecule has 210 valence electrons. The molecule has 0 bridgehead atoms. The molecule has 1 unspecified atom stereocenters. The Morgan fingerprint density at radius 3 is 2.35 bits per heavy atom. The van der Waals surface area contributed by atoms with Gasteiger partial charge in [-0.15, -0.1) is 0 Å². The van der Waals surface area contributed by atoms with Gasteiger partial charge in [-0.3, -0.25) is 0 Å². The zero-order valence-corrected chi connectivity index (χ0v) is 22.8. The van der Waals surface area contributed by atoms with Crippen molar-refractivity contribution >= 4 is 33.3 Å². The SMILES string of the molecule is CCOC(=O)c1cccc([N+]2(C)C=CC=C2c2c(Br)cccc2OCc2ccc(C(F)(F)F)cc2C(F)(F)F)c1. The van der Waals surface area contributed by atoms with Gasteiger partial charge in [-0.2, -0.15) is 26.3 Å². The number of quaternary nitrogens is 1. The topological polar surface area (TPSA) is 35.5 Å². The smallest absolute Gasteiger partial charge is 0.416 e. The van der Waals surface area contributed by atoms with Gasteiger partial charge in [0, 0.05) is 22.2 Å². The minimum absolute atomic E-state index is 0.0836. The summed E-state index contributed by atoms with van der Waals surface area (Å²) in [5.41, 5.74) is -1.00. The van der Waals surface area contributed by atoms with Crippen LogP contribution in [0.15, 0.2) is 83.5 Å². The maximum absolute atomic E-state index is 13.7. The van der Waals surface area contributed by atoms with Crippen molar-refractivity contribution in [2.45, 2.75) is 25.9 Å². The summed E-state index contributed by atoms with van der Waals surface area (Å²) in [5, 5.41) is 0. The van der Waals surface area contributed by atoms with Gasteiger partial charge in [0.15, 0.2) is 5.70 Å². The van der Waals surface area contributed by atoms with Gasteiger partial charge in [0.2, 0.25) is 0 Å². The Morgan fingerprint density at radius 1 is 0.950 bits per heavy atom. The summed E-state index contributed by atoms with van der Waals surface area (Å²) in [6, 6.07) is 13.3. The first-order valence-corrected chi connectivity index (χ1v) is 12.8. The Hall–Kier alpha value is -3.57. The van der Waals surface area contributed by atoms with Crippen molar-refractivity contribution in [1.82, 2.24) is 4.48 Å². The summed E-state index contributed by atoms with van der Waals surface area (Å²) in [6.45, 7) is 1.29. The van der Waals surface area contributed by atoms with E-state index in [1.165, 1.54) is 0 Å². The lowest BCUT2D eigenvalue weighted by molar-refractivity contribution is -0.143. The standard InChI is InChI=1S/C29H23BrF6NO3/c1-3-39-27(38)18-7-4-8-21(15-18)37(2)14-6-10-24(37)26-23(30)9-5-11-25(26)40-17-19-12-13-20(28(31,32)33)16-22(19)29(34,35)36/h4-16H,3,17H2,1-2H3/q+1. The Kier molecular flexibility index (Phi) is 8.18. The van der Waals surface area contributed by atoms with Crippen molar-refractivity contribution < 1.29 is 40.6 Å². The molecule has 1 atom stereocenters. The van der Waals surface area contributed by atoms with Crippen LogP contribution >= 0.6 is 15.9 Å². The molecule has 0 aliphatic carbocycles. The molecule has 4 rings (SSSR count). The summed E-state index contributed by atoms with van der Waals surface area (Å²) in [6.07, 6.45) is -4.47. The number of halogens is 7. The van der Waals surface area contributed by atoms with Crippen LogP contribution in [0.25, 0.3) is 5.70 Å². The molecule has 0 amide bonds. The quantitative estimate of drug-likeness (QED) is 0.149. The molecule has 0 saturated heterocycles. The van der Waals surface area contributed by atoms with Gasteiger partial charge in [0.25, 0.3) is 0 Å². The van der Waals surface area contributed by atoms with Crippen LogP contribution in [-0.2, 0) is 23.7 Å². The zero-order valence-electron chi connectivity index (χ0n) is 21.2. The van der Waals surface area contributed by atoms with Crippen molar-refractivity contribution in [2.24, 2.45) is 0 Å². The van der Waals surface area contributed by atoms with E-state index in [4.69, 9.17) is 9.47 Å². The predicted octanol–water partition coefficient (Wildman–Crippen LogP) is 8.75. The number of benzene rings is 3. The van der Waals surface area contributed by atoms with Crippen LogP contribution in [0.4, 0.5) is 32.0 Å². The number of nitrogens with zero attached hydrogens (tertiary/aromatic N) is 1. The average Bonchev–Trinajstić information content (AvgIpc) is 3.28. The van der Waals surface area contributed by atoms with Crippen LogP contribution in [0.2, 0.25) is 0 Å². The molecule has 0 spiro atoms. The van der Waals surface area contributed by atoms with Crippen molar-refractivity contribution in [2.75, 3.05) is 13.7 Å². The van der Waals surface area contributed by atoms with E-state index in [1.807, 2.05) is 25.4 Å². The molecule has 3 aromatic carbocycles. The summed E-state index contributed by atoms with van der Waals surface area (Å²) >= 11 is 3.51. The van der Waals surface area contributed by atoms with Crippen LogP contribution in [0.5, 0.6) is 5.75 Å². The van der Waals surface area contributed by atoms with E-state index in [0.717, 1.165) is 6.07 Å². The molecule has 0 fully saturated rings. The van der Waals surface area contributed by atoms with Crippen molar-refractivity contribution in [3.63, 3.8) is 0 Å². The maximum atomic E-state index is 13.7. The Balaban J connectivity index is 1.71. The fourth-order valence-electron chi connectivity index (χ4n) is 4.39. The minimum Gasteiger partial charge on any atom is -0.488 e. The number of carbonyl (C=O) groups excluding carboxylic acids is 1. The summed E-state index contributed by atoms with van der Waals surface area (Å²) < 4.78 is 91.9. The lowest BCUT2D eigenvalue weighted by atomic mass is 10.0. The first kappa shape index (κ1) is 29.4. The van der Waals surface area contributed by atoms with Gasteiger partial charge in [-0.05, 0) is 65.3 Å². The first-order chi connectivity index (χ1) is 18.8. The first-order valence-electron chi connectivity index (χ1n) is 12.0. The number of rotatable bonds is 7. The molecule has 1 aliphatic rings. The highest BCUT2D eigenvalue weighted by atomic mass is 79.9. The number of ether oxygens (including phenoxy) is 2. The zero-order chi connectivity index (χ0) is 29.3.